The van der Waals surface area contributed by atoms with Crippen LogP contribution in [0.25, 0.3) is 11.0 Å². The molecule has 5 atom stereocenters. The van der Waals surface area contributed by atoms with Crippen molar-refractivity contribution in [3.05, 3.63) is 41.6 Å². The highest BCUT2D eigenvalue weighted by molar-refractivity contribution is 5.76. The molecule has 6 N–H and O–H groups in total. The van der Waals surface area contributed by atoms with Crippen LogP contribution in [0.15, 0.2) is 24.5 Å². The summed E-state index contributed by atoms with van der Waals surface area (Å²) in [6, 6.07) is 7.51. The Labute approximate surface area is 253 Å². The number of benzene rings is 1. The lowest BCUT2D eigenvalue weighted by molar-refractivity contribution is -0.0627. The van der Waals surface area contributed by atoms with Crippen molar-refractivity contribution < 1.29 is 14.9 Å². The van der Waals surface area contributed by atoms with Crippen molar-refractivity contribution in [3.63, 3.8) is 0 Å². The van der Waals surface area contributed by atoms with Crippen molar-refractivity contribution in [1.82, 2.24) is 29.3 Å². The largest absolute Gasteiger partial charge is 0.387 e. The number of rotatable bonds is 9. The molecule has 0 amide bonds. The molecule has 0 spiro atoms. The lowest BCUT2D eigenvalue weighted by Crippen LogP contribution is -2.52. The summed E-state index contributed by atoms with van der Waals surface area (Å²) in [5.74, 6) is 2.48. The predicted octanol–water partition coefficient (Wildman–Crippen LogP) is 3.21. The van der Waals surface area contributed by atoms with Crippen LogP contribution in [0, 0.1) is 5.92 Å². The van der Waals surface area contributed by atoms with Gasteiger partial charge in [0, 0.05) is 25.0 Å². The van der Waals surface area contributed by atoms with E-state index in [1.54, 1.807) is 10.9 Å². The number of hydrogen-bond acceptors (Lipinski definition) is 9. The van der Waals surface area contributed by atoms with Crippen molar-refractivity contribution in [2.24, 2.45) is 11.7 Å². The number of imidazole rings is 2. The highest BCUT2D eigenvalue weighted by Gasteiger charge is 2.47. The molecule has 2 saturated carbocycles. The molecule has 234 valence electrons. The maximum Gasteiger partial charge on any atom is 0.165 e. The number of hydrogen-bond donors (Lipinski definition) is 5. The van der Waals surface area contributed by atoms with Gasteiger partial charge >= 0.3 is 0 Å². The SMILES string of the molecule is CC(C)N(C[C@H]1O[C@@H](n2cnc3c2NCN(C)C3N)[C@H](O)[C@@H]1O)C1CC(CCc2nc3ccc(C4(C)CCC4)cc3[nH]2)C1. The molecule has 11 nitrogen and oxygen atoms in total. The smallest absolute Gasteiger partial charge is 0.165 e. The average Bonchev–Trinajstić information content (AvgIpc) is 3.63. The van der Waals surface area contributed by atoms with Gasteiger partial charge in [-0.25, -0.2) is 9.97 Å². The number of aliphatic hydroxyl groups is 2. The van der Waals surface area contributed by atoms with Gasteiger partial charge in [0.2, 0.25) is 0 Å². The van der Waals surface area contributed by atoms with Gasteiger partial charge in [0.1, 0.15) is 41.8 Å². The van der Waals surface area contributed by atoms with E-state index in [-0.39, 0.29) is 6.17 Å². The summed E-state index contributed by atoms with van der Waals surface area (Å²) < 4.78 is 8.11. The summed E-state index contributed by atoms with van der Waals surface area (Å²) >= 11 is 0. The lowest BCUT2D eigenvalue weighted by atomic mass is 9.66. The van der Waals surface area contributed by atoms with Crippen LogP contribution in [0.2, 0.25) is 0 Å². The number of aromatic amines is 1. The Hall–Kier alpha value is -2.54. The third-order valence-electron chi connectivity index (χ3n) is 10.9. The molecule has 3 fully saturated rings. The van der Waals surface area contributed by atoms with E-state index in [1.807, 2.05) is 11.9 Å². The minimum atomic E-state index is -1.05. The normalized spacial score (nSPS) is 32.2. The number of anilines is 1. The summed E-state index contributed by atoms with van der Waals surface area (Å²) in [6.45, 7) is 7.91. The topological polar surface area (TPSA) is 141 Å². The van der Waals surface area contributed by atoms with Crippen LogP contribution < -0.4 is 11.1 Å². The van der Waals surface area contributed by atoms with Crippen LogP contribution in [0.1, 0.15) is 88.8 Å². The molecule has 0 radical (unpaired) electrons. The maximum atomic E-state index is 11.0. The van der Waals surface area contributed by atoms with Gasteiger partial charge in [0.15, 0.2) is 6.23 Å². The molecular weight excluding hydrogens is 544 g/mol. The van der Waals surface area contributed by atoms with E-state index in [9.17, 15) is 10.2 Å². The number of fused-ring (bicyclic) bond motifs is 2. The van der Waals surface area contributed by atoms with Crippen molar-refractivity contribution in [2.75, 3.05) is 25.6 Å². The van der Waals surface area contributed by atoms with Gasteiger partial charge in [-0.05, 0) is 82.0 Å². The maximum absolute atomic E-state index is 11.0. The van der Waals surface area contributed by atoms with Gasteiger partial charge in [0.25, 0.3) is 0 Å². The van der Waals surface area contributed by atoms with Gasteiger partial charge in [-0.2, -0.15) is 0 Å². The summed E-state index contributed by atoms with van der Waals surface area (Å²) in [5.41, 5.74) is 11.0. The van der Waals surface area contributed by atoms with Crippen LogP contribution >= 0.6 is 0 Å². The van der Waals surface area contributed by atoms with E-state index in [4.69, 9.17) is 15.5 Å². The number of H-pyrrole nitrogens is 1. The molecule has 7 rings (SSSR count). The number of aliphatic hydroxyl groups excluding tert-OH is 2. The van der Waals surface area contributed by atoms with Crippen LogP contribution in [0.3, 0.4) is 0 Å². The van der Waals surface area contributed by atoms with Gasteiger partial charge in [-0.3, -0.25) is 14.4 Å². The zero-order chi connectivity index (χ0) is 30.0. The van der Waals surface area contributed by atoms with Crippen LogP contribution in [0.5, 0.6) is 0 Å². The monoisotopic (exact) mass is 592 g/mol. The Kier molecular flexibility index (Phi) is 7.55. The molecule has 1 unspecified atom stereocenters. The van der Waals surface area contributed by atoms with Gasteiger partial charge in [-0.15, -0.1) is 0 Å². The molecule has 2 aliphatic carbocycles. The van der Waals surface area contributed by atoms with Crippen molar-refractivity contribution in [1.29, 1.82) is 0 Å². The Morgan fingerprint density at radius 2 is 2.00 bits per heavy atom. The Bertz CT molecular complexity index is 1440. The Morgan fingerprint density at radius 3 is 2.72 bits per heavy atom. The summed E-state index contributed by atoms with van der Waals surface area (Å²) in [7, 11) is 1.93. The molecule has 11 heteroatoms. The first-order valence-corrected chi connectivity index (χ1v) is 16.1. The summed E-state index contributed by atoms with van der Waals surface area (Å²) in [4.78, 5) is 17.4. The van der Waals surface area contributed by atoms with Crippen LogP contribution in [-0.2, 0) is 16.6 Å². The standard InChI is InChI=1S/C32H48N8O3/c1-18(2)39(15-24-27(41)28(42)31(43-24)40-17-34-26-29(33)38(4)16-35-30(26)40)21-12-19(13-21)6-9-25-36-22-8-7-20(14-23(22)37-25)32(3)10-5-11-32/h7-8,14,17-19,21,24,27-29,31,35,41-42H,5-6,9-13,15-16,33H2,1-4H3,(H,36,37)/t19?,21?,24-,27-,28-,29?,31-/m1/s1. The van der Waals surface area contributed by atoms with Crippen molar-refractivity contribution >= 4 is 16.9 Å². The fourth-order valence-electron chi connectivity index (χ4n) is 7.67. The van der Waals surface area contributed by atoms with E-state index in [0.717, 1.165) is 48.4 Å². The van der Waals surface area contributed by atoms with Crippen molar-refractivity contribution in [2.45, 2.75) is 114 Å². The summed E-state index contributed by atoms with van der Waals surface area (Å²) in [6.07, 6.45) is 6.26. The second-order valence-corrected chi connectivity index (χ2v) is 14.1. The minimum absolute atomic E-state index is 0.302. The fraction of sp³-hybridized carbons (Fsp3) is 0.688. The predicted molar refractivity (Wildman–Crippen MR) is 165 cm³/mol. The highest BCUT2D eigenvalue weighted by atomic mass is 16.6. The number of ether oxygens (including phenoxy) is 1. The molecule has 2 aliphatic heterocycles. The Balaban J connectivity index is 0.944. The van der Waals surface area contributed by atoms with E-state index in [0.29, 0.717) is 42.3 Å². The molecule has 1 aromatic carbocycles. The number of nitrogens with zero attached hydrogens (tertiary/aromatic N) is 5. The molecule has 2 aromatic heterocycles. The van der Waals surface area contributed by atoms with E-state index in [1.165, 1.54) is 24.8 Å². The first kappa shape index (κ1) is 29.2. The first-order valence-electron chi connectivity index (χ1n) is 16.1. The number of nitrogens with one attached hydrogen (secondary N) is 2. The second-order valence-electron chi connectivity index (χ2n) is 14.1. The third kappa shape index (κ3) is 5.17. The van der Waals surface area contributed by atoms with Gasteiger partial charge in [-0.1, -0.05) is 19.4 Å². The molecule has 0 bridgehead atoms. The van der Waals surface area contributed by atoms with E-state index < -0.39 is 24.5 Å². The van der Waals surface area contributed by atoms with Crippen LogP contribution in [0.4, 0.5) is 5.82 Å². The van der Waals surface area contributed by atoms with Gasteiger partial charge < -0.3 is 31.0 Å². The molecule has 4 aliphatic rings. The molecule has 1 saturated heterocycles. The molecule has 43 heavy (non-hydrogen) atoms. The number of nitrogens with two attached hydrogens (primary N) is 1. The Morgan fingerprint density at radius 1 is 1.21 bits per heavy atom. The zero-order valence-corrected chi connectivity index (χ0v) is 25.9. The van der Waals surface area contributed by atoms with E-state index >= 15 is 0 Å². The zero-order valence-electron chi connectivity index (χ0n) is 25.9. The molecule has 4 heterocycles. The second kappa shape index (κ2) is 11.1. The highest BCUT2D eigenvalue weighted by Crippen LogP contribution is 2.44. The molecular formula is C32H48N8O3. The van der Waals surface area contributed by atoms with E-state index in [2.05, 4.69) is 59.2 Å². The quantitative estimate of drug-likeness (QED) is 0.253. The number of aromatic nitrogens is 4. The summed E-state index contributed by atoms with van der Waals surface area (Å²) in [5, 5.41) is 25.4. The molecule has 3 aromatic rings. The van der Waals surface area contributed by atoms with Gasteiger partial charge in [0.05, 0.1) is 24.0 Å². The lowest BCUT2D eigenvalue weighted by Gasteiger charge is -2.46. The average molecular weight is 593 g/mol. The third-order valence-corrected chi connectivity index (χ3v) is 10.9. The minimum Gasteiger partial charge on any atom is -0.387 e. The fourth-order valence-corrected chi connectivity index (χ4v) is 7.67. The first-order chi connectivity index (χ1) is 20.6. The van der Waals surface area contributed by atoms with Crippen molar-refractivity contribution in [3.8, 4) is 0 Å². The number of aryl methyl sites for hydroxylation is 1. The van der Waals surface area contributed by atoms with Crippen LogP contribution in [-0.4, -0.2) is 90.2 Å².